The molecule has 7 heteroatoms. The summed E-state index contributed by atoms with van der Waals surface area (Å²) in [5.74, 6) is 4.31. The van der Waals surface area contributed by atoms with E-state index in [-0.39, 0.29) is 12.0 Å². The van der Waals surface area contributed by atoms with Crippen molar-refractivity contribution in [2.45, 2.75) is 39.7 Å². The molecule has 0 fully saturated rings. The van der Waals surface area contributed by atoms with Crippen molar-refractivity contribution >= 4 is 17.3 Å². The van der Waals surface area contributed by atoms with E-state index in [2.05, 4.69) is 18.9 Å². The van der Waals surface area contributed by atoms with E-state index in [1.54, 1.807) is 23.1 Å². The maximum atomic E-state index is 11.9. The van der Waals surface area contributed by atoms with Crippen molar-refractivity contribution in [3.05, 3.63) is 27.9 Å². The van der Waals surface area contributed by atoms with E-state index < -0.39 is 5.97 Å². The summed E-state index contributed by atoms with van der Waals surface area (Å²) in [6, 6.07) is 0. The number of thiophene rings is 1. The Morgan fingerprint density at radius 3 is 2.96 bits per heavy atom. The van der Waals surface area contributed by atoms with Gasteiger partial charge < -0.3 is 5.11 Å². The minimum absolute atomic E-state index is 0.133. The molecule has 2 aromatic heterocycles. The monoisotopic (exact) mass is 335 g/mol. The Morgan fingerprint density at radius 2 is 2.30 bits per heavy atom. The maximum absolute atomic E-state index is 11.9. The van der Waals surface area contributed by atoms with Gasteiger partial charge in [-0.25, -0.2) is 10.7 Å². The smallest absolute Gasteiger partial charge is 0.337 e. The Kier molecular flexibility index (Phi) is 4.03. The highest BCUT2D eigenvalue weighted by Gasteiger charge is 2.33. The van der Waals surface area contributed by atoms with Crippen molar-refractivity contribution in [3.8, 4) is 10.4 Å². The number of hydrogen-bond acceptors (Lipinski definition) is 5. The van der Waals surface area contributed by atoms with Crippen LogP contribution < -0.4 is 5.90 Å². The molecule has 1 aliphatic carbocycles. The van der Waals surface area contributed by atoms with Gasteiger partial charge in [0.1, 0.15) is 6.61 Å². The van der Waals surface area contributed by atoms with E-state index >= 15 is 0 Å². The number of carboxylic acids is 1. The minimum Gasteiger partial charge on any atom is -0.478 e. The van der Waals surface area contributed by atoms with Crippen molar-refractivity contribution in [2.24, 2.45) is 18.4 Å². The number of carbonyl (C=O) groups is 1. The van der Waals surface area contributed by atoms with Gasteiger partial charge in [-0.05, 0) is 30.2 Å². The Labute approximate surface area is 138 Å². The fourth-order valence-electron chi connectivity index (χ4n) is 3.25. The topological polar surface area (TPSA) is 90.4 Å². The minimum atomic E-state index is -0.876. The van der Waals surface area contributed by atoms with Crippen molar-refractivity contribution in [2.75, 3.05) is 0 Å². The Morgan fingerprint density at radius 1 is 1.57 bits per heavy atom. The second-order valence-corrected chi connectivity index (χ2v) is 7.93. The Bertz CT molecular complexity index is 761. The zero-order valence-corrected chi connectivity index (χ0v) is 14.4. The summed E-state index contributed by atoms with van der Waals surface area (Å²) in [4.78, 5) is 18.6. The van der Waals surface area contributed by atoms with Gasteiger partial charge in [0.05, 0.1) is 16.1 Å². The van der Waals surface area contributed by atoms with Gasteiger partial charge in [-0.2, -0.15) is 5.10 Å². The van der Waals surface area contributed by atoms with Crippen LogP contribution in [0.25, 0.3) is 10.4 Å². The fraction of sp³-hybridized carbons (Fsp3) is 0.500. The largest absolute Gasteiger partial charge is 0.478 e. The zero-order valence-electron chi connectivity index (χ0n) is 13.5. The summed E-state index contributed by atoms with van der Waals surface area (Å²) in [6.45, 7) is 4.54. The summed E-state index contributed by atoms with van der Waals surface area (Å²) < 4.78 is 1.66. The molecule has 124 valence electrons. The number of aromatic nitrogens is 2. The van der Waals surface area contributed by atoms with Crippen molar-refractivity contribution in [1.82, 2.24) is 9.78 Å². The van der Waals surface area contributed by atoms with Crippen LogP contribution in [-0.2, 0) is 31.3 Å². The van der Waals surface area contributed by atoms with E-state index in [0.29, 0.717) is 11.3 Å². The van der Waals surface area contributed by atoms with Gasteiger partial charge in [-0.3, -0.25) is 9.52 Å². The van der Waals surface area contributed by atoms with Crippen LogP contribution in [0.15, 0.2) is 6.20 Å². The van der Waals surface area contributed by atoms with Gasteiger partial charge in [0.2, 0.25) is 0 Å². The standard InChI is InChI=1S/C16H21N3O3S/c1-16(2)5-4-12-9(6-16)13(15(20)21)14(23-12)10-7-19(3)18-11(10)8-22-17/h7H,4-6,8,17H2,1-3H3,(H,20,21). The number of aromatic carboxylic acids is 1. The van der Waals surface area contributed by atoms with Crippen LogP contribution in [0, 0.1) is 5.41 Å². The van der Waals surface area contributed by atoms with Crippen LogP contribution in [-0.4, -0.2) is 20.9 Å². The van der Waals surface area contributed by atoms with E-state index in [4.69, 9.17) is 10.7 Å². The van der Waals surface area contributed by atoms with E-state index in [9.17, 15) is 9.90 Å². The third-order valence-corrected chi connectivity index (χ3v) is 5.68. The van der Waals surface area contributed by atoms with E-state index in [0.717, 1.165) is 35.3 Å². The SMILES string of the molecule is Cn1cc(-c2sc3c(c2C(=O)O)CC(C)(C)CC3)c(CON)n1. The molecule has 0 aromatic carbocycles. The number of fused-ring (bicyclic) bond motifs is 1. The molecule has 0 radical (unpaired) electrons. The Balaban J connectivity index is 2.18. The first-order valence-electron chi connectivity index (χ1n) is 7.55. The maximum Gasteiger partial charge on any atom is 0.337 e. The highest BCUT2D eigenvalue weighted by atomic mass is 32.1. The van der Waals surface area contributed by atoms with Crippen LogP contribution in [0.1, 0.15) is 46.8 Å². The van der Waals surface area contributed by atoms with Gasteiger partial charge in [0.25, 0.3) is 0 Å². The predicted molar refractivity (Wildman–Crippen MR) is 88.3 cm³/mol. The molecule has 0 saturated heterocycles. The summed E-state index contributed by atoms with van der Waals surface area (Å²) >= 11 is 1.57. The van der Waals surface area contributed by atoms with Gasteiger partial charge in [0.15, 0.2) is 0 Å². The molecule has 0 atom stereocenters. The molecule has 0 amide bonds. The molecule has 0 aliphatic heterocycles. The summed E-state index contributed by atoms with van der Waals surface area (Å²) in [7, 11) is 1.81. The van der Waals surface area contributed by atoms with Gasteiger partial charge in [-0.15, -0.1) is 11.3 Å². The number of aryl methyl sites for hydroxylation is 2. The summed E-state index contributed by atoms with van der Waals surface area (Å²) in [5, 5.41) is 14.1. The third kappa shape index (κ3) is 2.91. The van der Waals surface area contributed by atoms with Crippen molar-refractivity contribution in [1.29, 1.82) is 0 Å². The number of hydrogen-bond donors (Lipinski definition) is 2. The average Bonchev–Trinajstić information content (AvgIpc) is 2.98. The van der Waals surface area contributed by atoms with E-state index in [1.165, 1.54) is 4.88 Å². The summed E-state index contributed by atoms with van der Waals surface area (Å²) in [5.41, 5.74) is 3.00. The fourth-order valence-corrected chi connectivity index (χ4v) is 4.59. The first-order valence-corrected chi connectivity index (χ1v) is 8.36. The first-order chi connectivity index (χ1) is 10.8. The molecule has 0 bridgehead atoms. The van der Waals surface area contributed by atoms with Crippen LogP contribution in [0.2, 0.25) is 0 Å². The molecule has 0 unspecified atom stereocenters. The number of nitrogens with two attached hydrogens (primary N) is 1. The molecule has 3 N–H and O–H groups in total. The quantitative estimate of drug-likeness (QED) is 0.839. The molecule has 23 heavy (non-hydrogen) atoms. The average molecular weight is 335 g/mol. The van der Waals surface area contributed by atoms with Crippen molar-refractivity contribution < 1.29 is 14.7 Å². The molecular formula is C16H21N3O3S. The lowest BCUT2D eigenvalue weighted by Gasteiger charge is -2.29. The lowest BCUT2D eigenvalue weighted by molar-refractivity contribution is 0.0696. The van der Waals surface area contributed by atoms with Gasteiger partial charge in [0, 0.05) is 23.7 Å². The first kappa shape index (κ1) is 16.2. The van der Waals surface area contributed by atoms with Crippen LogP contribution in [0.5, 0.6) is 0 Å². The predicted octanol–water partition coefficient (Wildman–Crippen LogP) is 2.75. The lowest BCUT2D eigenvalue weighted by atomic mass is 9.76. The second kappa shape index (κ2) is 5.74. The molecule has 2 heterocycles. The van der Waals surface area contributed by atoms with E-state index in [1.807, 2.05) is 6.20 Å². The van der Waals surface area contributed by atoms with Gasteiger partial charge in [-0.1, -0.05) is 13.8 Å². The molecule has 3 rings (SSSR count). The molecule has 6 nitrogen and oxygen atoms in total. The molecule has 0 saturated carbocycles. The van der Waals surface area contributed by atoms with Crippen LogP contribution in [0.3, 0.4) is 0 Å². The highest BCUT2D eigenvalue weighted by molar-refractivity contribution is 7.16. The van der Waals surface area contributed by atoms with Crippen LogP contribution >= 0.6 is 11.3 Å². The van der Waals surface area contributed by atoms with Crippen LogP contribution in [0.4, 0.5) is 0 Å². The zero-order chi connectivity index (χ0) is 16.8. The lowest BCUT2D eigenvalue weighted by Crippen LogP contribution is -2.22. The van der Waals surface area contributed by atoms with Crippen molar-refractivity contribution in [3.63, 3.8) is 0 Å². The highest BCUT2D eigenvalue weighted by Crippen LogP contribution is 2.45. The normalized spacial score (nSPS) is 16.3. The second-order valence-electron chi connectivity index (χ2n) is 6.83. The molecule has 0 spiro atoms. The Hall–Kier alpha value is -1.70. The van der Waals surface area contributed by atoms with Gasteiger partial charge >= 0.3 is 5.97 Å². The number of rotatable bonds is 4. The number of nitrogens with zero attached hydrogens (tertiary/aromatic N) is 2. The summed E-state index contributed by atoms with van der Waals surface area (Å²) in [6.07, 6.45) is 4.63. The third-order valence-electron chi connectivity index (χ3n) is 4.36. The molecule has 1 aliphatic rings. The molecule has 2 aromatic rings. The molecular weight excluding hydrogens is 314 g/mol. The number of carboxylic acid groups (broad SMARTS) is 1.